The fourth-order valence-electron chi connectivity index (χ4n) is 3.27. The van der Waals surface area contributed by atoms with Gasteiger partial charge >= 0.3 is 0 Å². The average molecular weight is 459 g/mol. The van der Waals surface area contributed by atoms with E-state index in [0.717, 1.165) is 18.2 Å². The molecule has 30 heavy (non-hydrogen) atoms. The SMILES string of the molecule is CC1(O)CCC(NS(=O)(=O)c2cc(C(=O)Nc3ccc(F)c(F)c3)ccc2Cl)CC1. The van der Waals surface area contributed by atoms with Gasteiger partial charge < -0.3 is 10.4 Å². The lowest BCUT2D eigenvalue weighted by Gasteiger charge is -2.33. The first-order valence-corrected chi connectivity index (χ1v) is 11.1. The molecule has 162 valence electrons. The summed E-state index contributed by atoms with van der Waals surface area (Å²) in [6.07, 6.45) is 1.87. The van der Waals surface area contributed by atoms with Crippen molar-refractivity contribution in [3.8, 4) is 0 Å². The zero-order valence-corrected chi connectivity index (χ0v) is 17.7. The molecular formula is C20H21ClF2N2O4S. The van der Waals surface area contributed by atoms with Crippen LogP contribution in [0.5, 0.6) is 0 Å². The van der Waals surface area contributed by atoms with E-state index in [1.807, 2.05) is 0 Å². The molecule has 2 aromatic carbocycles. The van der Waals surface area contributed by atoms with Gasteiger partial charge in [-0.05, 0) is 62.9 Å². The maximum Gasteiger partial charge on any atom is 0.255 e. The Morgan fingerprint density at radius 1 is 1.13 bits per heavy atom. The highest BCUT2D eigenvalue weighted by atomic mass is 35.5. The van der Waals surface area contributed by atoms with Crippen LogP contribution < -0.4 is 10.0 Å². The normalized spacial score (nSPS) is 22.0. The van der Waals surface area contributed by atoms with E-state index in [4.69, 9.17) is 11.6 Å². The van der Waals surface area contributed by atoms with Crippen LogP contribution >= 0.6 is 11.6 Å². The average Bonchev–Trinajstić information content (AvgIpc) is 2.66. The van der Waals surface area contributed by atoms with E-state index >= 15 is 0 Å². The van der Waals surface area contributed by atoms with Crippen LogP contribution in [0.15, 0.2) is 41.3 Å². The molecule has 10 heteroatoms. The van der Waals surface area contributed by atoms with Crippen molar-refractivity contribution in [2.75, 3.05) is 5.32 Å². The first-order valence-electron chi connectivity index (χ1n) is 9.27. The molecule has 0 saturated heterocycles. The molecule has 0 spiro atoms. The van der Waals surface area contributed by atoms with Crippen LogP contribution in [0.3, 0.4) is 0 Å². The number of amides is 1. The molecule has 3 N–H and O–H groups in total. The second-order valence-corrected chi connectivity index (χ2v) is 9.71. The Bertz CT molecular complexity index is 1070. The number of sulfonamides is 1. The molecule has 0 aliphatic heterocycles. The van der Waals surface area contributed by atoms with E-state index in [1.165, 1.54) is 18.2 Å². The van der Waals surface area contributed by atoms with Crippen LogP contribution in [-0.2, 0) is 10.0 Å². The van der Waals surface area contributed by atoms with Gasteiger partial charge in [0.2, 0.25) is 10.0 Å². The molecule has 6 nitrogen and oxygen atoms in total. The van der Waals surface area contributed by atoms with Gasteiger partial charge in [0, 0.05) is 23.4 Å². The summed E-state index contributed by atoms with van der Waals surface area (Å²) >= 11 is 6.06. The van der Waals surface area contributed by atoms with Crippen LogP contribution in [-0.4, -0.2) is 31.1 Å². The number of aliphatic hydroxyl groups is 1. The van der Waals surface area contributed by atoms with Gasteiger partial charge in [0.1, 0.15) is 4.90 Å². The van der Waals surface area contributed by atoms with E-state index < -0.39 is 33.2 Å². The zero-order valence-electron chi connectivity index (χ0n) is 16.1. The molecule has 1 amide bonds. The van der Waals surface area contributed by atoms with Crippen LogP contribution in [0, 0.1) is 11.6 Å². The van der Waals surface area contributed by atoms with Crippen molar-refractivity contribution in [1.29, 1.82) is 0 Å². The van der Waals surface area contributed by atoms with Crippen molar-refractivity contribution in [3.63, 3.8) is 0 Å². The number of carbonyl (C=O) groups is 1. The van der Waals surface area contributed by atoms with E-state index in [1.54, 1.807) is 6.92 Å². The number of nitrogens with one attached hydrogen (secondary N) is 2. The topological polar surface area (TPSA) is 95.5 Å². The van der Waals surface area contributed by atoms with Crippen LogP contribution in [0.4, 0.5) is 14.5 Å². The predicted octanol–water partition coefficient (Wildman–Crippen LogP) is 3.84. The van der Waals surface area contributed by atoms with Gasteiger partial charge in [-0.3, -0.25) is 4.79 Å². The van der Waals surface area contributed by atoms with Gasteiger partial charge in [-0.25, -0.2) is 21.9 Å². The number of benzene rings is 2. The predicted molar refractivity (Wildman–Crippen MR) is 109 cm³/mol. The summed E-state index contributed by atoms with van der Waals surface area (Å²) in [5.41, 5.74) is -0.807. The van der Waals surface area contributed by atoms with Gasteiger partial charge in [-0.2, -0.15) is 0 Å². The molecule has 0 aromatic heterocycles. The van der Waals surface area contributed by atoms with E-state index in [-0.39, 0.29) is 27.2 Å². The first kappa shape index (κ1) is 22.6. The Labute approximate surface area is 178 Å². The van der Waals surface area contributed by atoms with E-state index in [2.05, 4.69) is 10.0 Å². The van der Waals surface area contributed by atoms with Gasteiger partial charge in [-0.1, -0.05) is 11.6 Å². The fraction of sp³-hybridized carbons (Fsp3) is 0.350. The number of halogens is 3. The minimum Gasteiger partial charge on any atom is -0.390 e. The third-order valence-corrected chi connectivity index (χ3v) is 7.05. The standard InChI is InChI=1S/C20H21ClF2N2O4S/c1-20(27)8-6-13(7-9-20)25-30(28,29)18-10-12(2-4-15(18)21)19(26)24-14-3-5-16(22)17(23)11-14/h2-5,10-11,13,25,27H,6-9H2,1H3,(H,24,26). The Balaban J connectivity index is 1.78. The summed E-state index contributed by atoms with van der Waals surface area (Å²) in [4.78, 5) is 12.2. The number of rotatable bonds is 5. The first-order chi connectivity index (χ1) is 14.0. The van der Waals surface area contributed by atoms with Gasteiger partial charge in [-0.15, -0.1) is 0 Å². The smallest absolute Gasteiger partial charge is 0.255 e. The molecule has 0 atom stereocenters. The van der Waals surface area contributed by atoms with Crippen molar-refractivity contribution in [3.05, 3.63) is 58.6 Å². The summed E-state index contributed by atoms with van der Waals surface area (Å²) in [6, 6.07) is 6.25. The Kier molecular flexibility index (Phi) is 6.47. The summed E-state index contributed by atoms with van der Waals surface area (Å²) in [5.74, 6) is -2.88. The second kappa shape index (κ2) is 8.58. The third-order valence-electron chi connectivity index (χ3n) is 5.04. The minimum atomic E-state index is -4.02. The van der Waals surface area contributed by atoms with E-state index in [0.29, 0.717) is 25.7 Å². The monoisotopic (exact) mass is 458 g/mol. The lowest BCUT2D eigenvalue weighted by atomic mass is 9.84. The van der Waals surface area contributed by atoms with Gasteiger partial charge in [0.15, 0.2) is 11.6 Å². The van der Waals surface area contributed by atoms with Crippen LogP contribution in [0.1, 0.15) is 43.0 Å². The Hall–Kier alpha value is -2.07. The van der Waals surface area contributed by atoms with E-state index in [9.17, 15) is 27.1 Å². The van der Waals surface area contributed by atoms with Crippen molar-refractivity contribution < 1.29 is 27.1 Å². The highest BCUT2D eigenvalue weighted by Crippen LogP contribution is 2.30. The fourth-order valence-corrected chi connectivity index (χ4v) is 5.10. The molecule has 1 saturated carbocycles. The maximum atomic E-state index is 13.3. The van der Waals surface area contributed by atoms with Crippen molar-refractivity contribution in [2.45, 2.75) is 49.1 Å². The molecule has 1 fully saturated rings. The van der Waals surface area contributed by atoms with Crippen LogP contribution in [0.2, 0.25) is 5.02 Å². The summed E-state index contributed by atoms with van der Waals surface area (Å²) < 4.78 is 54.6. The number of anilines is 1. The largest absolute Gasteiger partial charge is 0.390 e. The molecule has 0 unspecified atom stereocenters. The molecule has 0 heterocycles. The van der Waals surface area contributed by atoms with Crippen molar-refractivity contribution in [1.82, 2.24) is 4.72 Å². The molecular weight excluding hydrogens is 438 g/mol. The Morgan fingerprint density at radius 3 is 2.43 bits per heavy atom. The number of hydrogen-bond acceptors (Lipinski definition) is 4. The van der Waals surface area contributed by atoms with Crippen molar-refractivity contribution in [2.24, 2.45) is 0 Å². The summed E-state index contributed by atoms with van der Waals surface area (Å²) in [5, 5.41) is 12.3. The highest BCUT2D eigenvalue weighted by molar-refractivity contribution is 7.89. The van der Waals surface area contributed by atoms with Crippen molar-refractivity contribution >= 4 is 33.2 Å². The molecule has 1 aliphatic rings. The van der Waals surface area contributed by atoms with Gasteiger partial charge in [0.25, 0.3) is 5.91 Å². The second-order valence-electron chi connectivity index (χ2n) is 7.62. The number of carbonyl (C=O) groups excluding carboxylic acids is 1. The third kappa shape index (κ3) is 5.34. The van der Waals surface area contributed by atoms with Gasteiger partial charge in [0.05, 0.1) is 10.6 Å². The number of hydrogen-bond donors (Lipinski definition) is 3. The summed E-state index contributed by atoms with van der Waals surface area (Å²) in [7, 11) is -4.02. The molecule has 0 bridgehead atoms. The molecule has 0 radical (unpaired) electrons. The molecule has 2 aromatic rings. The van der Waals surface area contributed by atoms with Crippen LogP contribution in [0.25, 0.3) is 0 Å². The summed E-state index contributed by atoms with van der Waals surface area (Å²) in [6.45, 7) is 1.71. The lowest BCUT2D eigenvalue weighted by Crippen LogP contribution is -2.42. The lowest BCUT2D eigenvalue weighted by molar-refractivity contribution is 0.0163. The molecule has 1 aliphatic carbocycles. The quantitative estimate of drug-likeness (QED) is 0.634. The zero-order chi connectivity index (χ0) is 22.1. The highest BCUT2D eigenvalue weighted by Gasteiger charge is 2.32. The minimum absolute atomic E-state index is 0.0175. The molecule has 3 rings (SSSR count). The Morgan fingerprint density at radius 2 is 1.80 bits per heavy atom. The maximum absolute atomic E-state index is 13.3.